The van der Waals surface area contributed by atoms with Gasteiger partial charge < -0.3 is 25.0 Å². The molecule has 0 fully saturated rings. The summed E-state index contributed by atoms with van der Waals surface area (Å²) in [4.78, 5) is 10.8. The molecule has 3 N–H and O–H groups in total. The van der Waals surface area contributed by atoms with E-state index in [1.165, 1.54) is 115 Å². The molecule has 0 aliphatic heterocycles. The number of methoxy groups -OCH3 is 2. The van der Waals surface area contributed by atoms with Crippen LogP contribution in [0.4, 0.5) is 0 Å². The number of unbranched alkanes of at least 4 members (excludes halogenated alkanes) is 15. The van der Waals surface area contributed by atoms with Crippen molar-refractivity contribution in [3.05, 3.63) is 42.0 Å². The summed E-state index contributed by atoms with van der Waals surface area (Å²) in [6.45, 7) is 4.40. The Morgan fingerprint density at radius 3 is 1.74 bits per heavy atom. The first-order valence-corrected chi connectivity index (χ1v) is 15.3. The molecule has 0 saturated carbocycles. The summed E-state index contributed by atoms with van der Waals surface area (Å²) in [6, 6.07) is 9.85. The molecule has 0 unspecified atom stereocenters. The van der Waals surface area contributed by atoms with Gasteiger partial charge in [0.2, 0.25) is 6.29 Å². The summed E-state index contributed by atoms with van der Waals surface area (Å²) in [7, 11) is 3.41. The molecule has 2 aromatic rings. The Balaban J connectivity index is 0.000000451. The van der Waals surface area contributed by atoms with Gasteiger partial charge >= 0.3 is 5.97 Å². The second-order valence-corrected chi connectivity index (χ2v) is 10.5. The molecule has 0 spiro atoms. The minimum Gasteiger partial charge on any atom is -0.872 e. The van der Waals surface area contributed by atoms with Crippen molar-refractivity contribution in [3.63, 3.8) is 0 Å². The number of hydrogen-bond acceptors (Lipinski definition) is 4. The van der Waals surface area contributed by atoms with Crippen molar-refractivity contribution < 1.29 is 29.8 Å². The summed E-state index contributed by atoms with van der Waals surface area (Å²) in [6.07, 6.45) is 22.9. The van der Waals surface area contributed by atoms with Gasteiger partial charge in [-0.05, 0) is 23.6 Å². The average Bonchev–Trinajstić information content (AvgIpc) is 2.94. The van der Waals surface area contributed by atoms with Crippen molar-refractivity contribution >= 4 is 16.7 Å². The Hall–Kier alpha value is -2.15. The standard InChI is InChI=1S/C22H47NO2.C11H8O3/c1-4-5-6-7-8-9-10-11-12-13-14-15-16-17-18-19-20-23-21-22(24-2)25-3;12-9-6-5-7-3-1-2-4-8(7)10(9)11(13)14/h22-23H,4-21H2,1-3H3;1-6,12H,(H,13,14). The number of quaternary nitrogens is 1. The van der Waals surface area contributed by atoms with E-state index in [9.17, 15) is 9.90 Å². The lowest BCUT2D eigenvalue weighted by atomic mass is 10.0. The fraction of sp³-hybridized carbons (Fsp3) is 0.667. The fourth-order valence-corrected chi connectivity index (χ4v) is 4.85. The number of nitrogens with two attached hydrogens (primary N) is 1. The van der Waals surface area contributed by atoms with Crippen molar-refractivity contribution in [1.82, 2.24) is 0 Å². The van der Waals surface area contributed by atoms with Crippen LogP contribution < -0.4 is 10.4 Å². The van der Waals surface area contributed by atoms with Gasteiger partial charge in [0.25, 0.3) is 0 Å². The predicted octanol–water partition coefficient (Wildman–Crippen LogP) is 7.04. The van der Waals surface area contributed by atoms with Gasteiger partial charge in [0.05, 0.1) is 12.1 Å². The van der Waals surface area contributed by atoms with Crippen LogP contribution in [0.2, 0.25) is 0 Å². The molecule has 6 heteroatoms. The van der Waals surface area contributed by atoms with E-state index >= 15 is 0 Å². The Kier molecular flexibility index (Phi) is 21.2. The third-order valence-electron chi connectivity index (χ3n) is 7.25. The van der Waals surface area contributed by atoms with Crippen LogP contribution in [-0.4, -0.2) is 44.7 Å². The predicted molar refractivity (Wildman–Crippen MR) is 159 cm³/mol. The highest BCUT2D eigenvalue weighted by Crippen LogP contribution is 2.24. The van der Waals surface area contributed by atoms with Crippen LogP contribution in [-0.2, 0) is 9.47 Å². The van der Waals surface area contributed by atoms with Gasteiger partial charge in [-0.25, -0.2) is 4.79 Å². The molecular formula is C33H55NO5. The van der Waals surface area contributed by atoms with Crippen LogP contribution in [0.15, 0.2) is 36.4 Å². The number of rotatable bonds is 22. The lowest BCUT2D eigenvalue weighted by molar-refractivity contribution is -0.667. The SMILES string of the molecule is CCCCCCCCCCCCCCCCCC[NH2+]CC(OC)OC.O=C(O)c1c([O-])ccc2ccccc12. The van der Waals surface area contributed by atoms with Gasteiger partial charge in [-0.1, -0.05) is 139 Å². The smallest absolute Gasteiger partial charge is 0.335 e. The molecule has 39 heavy (non-hydrogen) atoms. The second-order valence-electron chi connectivity index (χ2n) is 10.5. The van der Waals surface area contributed by atoms with Gasteiger partial charge in [0.1, 0.15) is 6.54 Å². The van der Waals surface area contributed by atoms with Crippen LogP contribution in [0.5, 0.6) is 5.75 Å². The molecule has 222 valence electrons. The molecule has 0 atom stereocenters. The Morgan fingerprint density at radius 1 is 0.769 bits per heavy atom. The van der Waals surface area contributed by atoms with Gasteiger partial charge in [0, 0.05) is 14.2 Å². The first kappa shape index (κ1) is 34.9. The van der Waals surface area contributed by atoms with Gasteiger partial charge in [0.15, 0.2) is 0 Å². The van der Waals surface area contributed by atoms with Gasteiger partial charge in [-0.2, -0.15) is 0 Å². The van der Waals surface area contributed by atoms with Crippen LogP contribution >= 0.6 is 0 Å². The van der Waals surface area contributed by atoms with Crippen molar-refractivity contribution in [2.75, 3.05) is 27.3 Å². The van der Waals surface area contributed by atoms with E-state index < -0.39 is 11.7 Å². The van der Waals surface area contributed by atoms with Crippen molar-refractivity contribution in [3.8, 4) is 5.75 Å². The number of hydrogen-bond donors (Lipinski definition) is 2. The highest BCUT2D eigenvalue weighted by molar-refractivity contribution is 6.05. The van der Waals surface area contributed by atoms with E-state index in [1.54, 1.807) is 44.6 Å². The normalized spacial score (nSPS) is 11.1. The van der Waals surface area contributed by atoms with Gasteiger partial charge in [-0.3, -0.25) is 0 Å². The minimum atomic E-state index is -1.17. The van der Waals surface area contributed by atoms with E-state index in [2.05, 4.69) is 12.2 Å². The molecule has 0 radical (unpaired) electrons. The lowest BCUT2D eigenvalue weighted by Gasteiger charge is -2.12. The first-order chi connectivity index (χ1) is 19.0. The maximum absolute atomic E-state index is 11.3. The lowest BCUT2D eigenvalue weighted by Crippen LogP contribution is -2.86. The molecule has 0 saturated heterocycles. The number of ether oxygens (including phenoxy) is 2. The highest BCUT2D eigenvalue weighted by Gasteiger charge is 2.08. The van der Waals surface area contributed by atoms with Crippen molar-refractivity contribution in [2.24, 2.45) is 0 Å². The first-order valence-electron chi connectivity index (χ1n) is 15.3. The molecule has 0 aliphatic carbocycles. The Bertz CT molecular complexity index is 868. The van der Waals surface area contributed by atoms with E-state index in [4.69, 9.17) is 14.6 Å². The topological polar surface area (TPSA) is 95.4 Å². The maximum atomic E-state index is 11.3. The zero-order chi connectivity index (χ0) is 28.6. The Morgan fingerprint density at radius 2 is 1.26 bits per heavy atom. The number of carboxylic acids is 1. The third-order valence-corrected chi connectivity index (χ3v) is 7.25. The Labute approximate surface area is 237 Å². The quantitative estimate of drug-likeness (QED) is 0.122. The number of benzene rings is 2. The number of carboxylic acid groups (broad SMARTS) is 1. The summed E-state index contributed by atoms with van der Waals surface area (Å²) in [5.74, 6) is -1.62. The molecule has 2 rings (SSSR count). The maximum Gasteiger partial charge on any atom is 0.335 e. The second kappa shape index (κ2) is 23.7. The summed E-state index contributed by atoms with van der Waals surface area (Å²) < 4.78 is 10.4. The van der Waals surface area contributed by atoms with Crippen LogP contribution in [0.1, 0.15) is 120 Å². The summed E-state index contributed by atoms with van der Waals surface area (Å²) in [5.41, 5.74) is -0.150. The molecule has 0 aliphatic rings. The monoisotopic (exact) mass is 545 g/mol. The molecule has 0 aromatic heterocycles. The molecule has 0 bridgehead atoms. The molecule has 0 heterocycles. The number of fused-ring (bicyclic) bond motifs is 1. The van der Waals surface area contributed by atoms with Crippen molar-refractivity contribution in [2.45, 2.75) is 116 Å². The fourth-order valence-electron chi connectivity index (χ4n) is 4.85. The number of aromatic carboxylic acids is 1. The molecule has 6 nitrogen and oxygen atoms in total. The summed E-state index contributed by atoms with van der Waals surface area (Å²) in [5, 5.41) is 23.7. The van der Waals surface area contributed by atoms with Crippen LogP contribution in [0, 0.1) is 0 Å². The van der Waals surface area contributed by atoms with Crippen LogP contribution in [0.25, 0.3) is 10.8 Å². The van der Waals surface area contributed by atoms with E-state index in [1.807, 2.05) is 0 Å². The minimum absolute atomic E-state index is 0.0546. The molecule has 0 amide bonds. The molecular weight excluding hydrogens is 490 g/mol. The largest absolute Gasteiger partial charge is 0.872 e. The number of carbonyl (C=O) groups is 1. The van der Waals surface area contributed by atoms with E-state index in [0.717, 1.165) is 11.9 Å². The highest BCUT2D eigenvalue weighted by atomic mass is 16.7. The third kappa shape index (κ3) is 16.5. The summed E-state index contributed by atoms with van der Waals surface area (Å²) >= 11 is 0. The van der Waals surface area contributed by atoms with E-state index in [0.29, 0.717) is 5.39 Å². The van der Waals surface area contributed by atoms with Crippen LogP contribution in [0.3, 0.4) is 0 Å². The molecule has 2 aromatic carbocycles. The zero-order valence-electron chi connectivity index (χ0n) is 24.9. The van der Waals surface area contributed by atoms with E-state index in [-0.39, 0.29) is 11.9 Å². The van der Waals surface area contributed by atoms with Gasteiger partial charge in [-0.15, -0.1) is 0 Å². The van der Waals surface area contributed by atoms with Crippen molar-refractivity contribution in [1.29, 1.82) is 0 Å². The average molecular weight is 546 g/mol. The zero-order valence-corrected chi connectivity index (χ0v) is 24.9.